The van der Waals surface area contributed by atoms with E-state index >= 15 is 0 Å². The molecule has 0 spiro atoms. The minimum Gasteiger partial charge on any atom is -0.492 e. The Morgan fingerprint density at radius 3 is 3.00 bits per heavy atom. The molecule has 0 radical (unpaired) electrons. The van der Waals surface area contributed by atoms with Gasteiger partial charge >= 0.3 is 0 Å². The zero-order chi connectivity index (χ0) is 13.7. The molecule has 1 aliphatic rings. The standard InChI is InChI=1S/C14H21N3O2/c1-2-19-13-6-4-3-5-12(13)16-14(18)10-17-8-7-11(15)9-17/h3-6,11H,2,7-10,15H2,1H3,(H,16,18). The highest BCUT2D eigenvalue weighted by Crippen LogP contribution is 2.23. The van der Waals surface area contributed by atoms with Gasteiger partial charge < -0.3 is 15.8 Å². The number of hydrogen-bond acceptors (Lipinski definition) is 4. The number of rotatable bonds is 5. The summed E-state index contributed by atoms with van der Waals surface area (Å²) in [7, 11) is 0. The van der Waals surface area contributed by atoms with Crippen molar-refractivity contribution in [2.45, 2.75) is 19.4 Å². The molecule has 1 saturated heterocycles. The Bertz CT molecular complexity index is 436. The van der Waals surface area contributed by atoms with Crippen LogP contribution < -0.4 is 15.8 Å². The Labute approximate surface area is 113 Å². The number of para-hydroxylation sites is 2. The summed E-state index contributed by atoms with van der Waals surface area (Å²) in [4.78, 5) is 14.1. The summed E-state index contributed by atoms with van der Waals surface area (Å²) >= 11 is 0. The Hall–Kier alpha value is -1.59. The molecule has 2 rings (SSSR count). The molecule has 1 aromatic rings. The number of amides is 1. The molecule has 1 fully saturated rings. The van der Waals surface area contributed by atoms with Gasteiger partial charge in [-0.15, -0.1) is 0 Å². The highest BCUT2D eigenvalue weighted by atomic mass is 16.5. The van der Waals surface area contributed by atoms with E-state index in [-0.39, 0.29) is 11.9 Å². The first-order chi connectivity index (χ1) is 9.19. The van der Waals surface area contributed by atoms with Crippen molar-refractivity contribution in [1.29, 1.82) is 0 Å². The second-order valence-electron chi connectivity index (χ2n) is 4.76. The molecule has 3 N–H and O–H groups in total. The monoisotopic (exact) mass is 263 g/mol. The zero-order valence-electron chi connectivity index (χ0n) is 11.3. The fourth-order valence-corrected chi connectivity index (χ4v) is 2.25. The number of nitrogens with zero attached hydrogens (tertiary/aromatic N) is 1. The van der Waals surface area contributed by atoms with Crippen LogP contribution in [0.4, 0.5) is 5.69 Å². The Kier molecular flexibility index (Phi) is 4.76. The largest absolute Gasteiger partial charge is 0.492 e. The van der Waals surface area contributed by atoms with Crippen LogP contribution in [0, 0.1) is 0 Å². The van der Waals surface area contributed by atoms with Crippen molar-refractivity contribution in [1.82, 2.24) is 4.90 Å². The van der Waals surface area contributed by atoms with Crippen molar-refractivity contribution < 1.29 is 9.53 Å². The molecule has 1 unspecified atom stereocenters. The quantitative estimate of drug-likeness (QED) is 0.833. The second-order valence-corrected chi connectivity index (χ2v) is 4.76. The average Bonchev–Trinajstić information content (AvgIpc) is 2.77. The van der Waals surface area contributed by atoms with E-state index in [1.165, 1.54) is 0 Å². The number of ether oxygens (including phenoxy) is 1. The van der Waals surface area contributed by atoms with Crippen LogP contribution in [0.15, 0.2) is 24.3 Å². The van der Waals surface area contributed by atoms with Crippen LogP contribution in [0.2, 0.25) is 0 Å². The van der Waals surface area contributed by atoms with Gasteiger partial charge in [0.15, 0.2) is 0 Å². The first-order valence-electron chi connectivity index (χ1n) is 6.68. The molecule has 0 saturated carbocycles. The summed E-state index contributed by atoms with van der Waals surface area (Å²) in [5.74, 6) is 0.678. The van der Waals surface area contributed by atoms with Crippen LogP contribution in [-0.2, 0) is 4.79 Å². The second kappa shape index (κ2) is 6.54. The van der Waals surface area contributed by atoms with Crippen molar-refractivity contribution >= 4 is 11.6 Å². The molecule has 19 heavy (non-hydrogen) atoms. The van der Waals surface area contributed by atoms with Gasteiger partial charge in [-0.3, -0.25) is 9.69 Å². The summed E-state index contributed by atoms with van der Waals surface area (Å²) in [6.45, 7) is 4.56. The first-order valence-corrected chi connectivity index (χ1v) is 6.68. The van der Waals surface area contributed by atoms with Crippen LogP contribution in [0.1, 0.15) is 13.3 Å². The molecule has 0 aliphatic carbocycles. The number of carbonyl (C=O) groups is 1. The molecule has 1 amide bonds. The maximum Gasteiger partial charge on any atom is 0.238 e. The maximum atomic E-state index is 12.0. The van der Waals surface area contributed by atoms with Crippen molar-refractivity contribution in [2.75, 3.05) is 31.6 Å². The molecular formula is C14H21N3O2. The first kappa shape index (κ1) is 13.8. The molecule has 0 aromatic heterocycles. The Morgan fingerprint density at radius 2 is 2.32 bits per heavy atom. The SMILES string of the molecule is CCOc1ccccc1NC(=O)CN1CCC(N)C1. The summed E-state index contributed by atoms with van der Waals surface area (Å²) in [6.07, 6.45) is 0.961. The molecule has 1 aromatic carbocycles. The molecule has 0 bridgehead atoms. The van der Waals surface area contributed by atoms with Gasteiger partial charge in [0.05, 0.1) is 18.8 Å². The van der Waals surface area contributed by atoms with Gasteiger partial charge in [-0.25, -0.2) is 0 Å². The van der Waals surface area contributed by atoms with E-state index in [9.17, 15) is 4.79 Å². The number of nitrogens with one attached hydrogen (secondary N) is 1. The van der Waals surface area contributed by atoms with Gasteiger partial charge in [-0.05, 0) is 25.5 Å². The molecule has 1 heterocycles. The van der Waals surface area contributed by atoms with Gasteiger partial charge in [0.1, 0.15) is 5.75 Å². The van der Waals surface area contributed by atoms with Crippen LogP contribution in [0.5, 0.6) is 5.75 Å². The van der Waals surface area contributed by atoms with E-state index in [1.807, 2.05) is 31.2 Å². The van der Waals surface area contributed by atoms with Gasteiger partial charge in [0.2, 0.25) is 5.91 Å². The van der Waals surface area contributed by atoms with E-state index in [0.29, 0.717) is 18.9 Å². The highest BCUT2D eigenvalue weighted by molar-refractivity contribution is 5.93. The van der Waals surface area contributed by atoms with Crippen molar-refractivity contribution in [3.63, 3.8) is 0 Å². The summed E-state index contributed by atoms with van der Waals surface area (Å²) in [5.41, 5.74) is 6.54. The van der Waals surface area contributed by atoms with Gasteiger partial charge in [-0.1, -0.05) is 12.1 Å². The minimum atomic E-state index is -0.0266. The fraction of sp³-hybridized carbons (Fsp3) is 0.500. The van der Waals surface area contributed by atoms with Crippen molar-refractivity contribution in [2.24, 2.45) is 5.73 Å². The third-order valence-corrected chi connectivity index (χ3v) is 3.14. The predicted molar refractivity (Wildman–Crippen MR) is 75.3 cm³/mol. The minimum absolute atomic E-state index is 0.0266. The van der Waals surface area contributed by atoms with E-state index in [0.717, 1.165) is 25.2 Å². The molecule has 1 aliphatic heterocycles. The van der Waals surface area contributed by atoms with Crippen LogP contribution in [0.3, 0.4) is 0 Å². The summed E-state index contributed by atoms with van der Waals surface area (Å²) < 4.78 is 5.48. The molecule has 104 valence electrons. The number of carbonyl (C=O) groups excluding carboxylic acids is 1. The van der Waals surface area contributed by atoms with E-state index in [2.05, 4.69) is 10.2 Å². The van der Waals surface area contributed by atoms with E-state index in [4.69, 9.17) is 10.5 Å². The number of nitrogens with two attached hydrogens (primary N) is 1. The lowest BCUT2D eigenvalue weighted by Crippen LogP contribution is -2.33. The van der Waals surface area contributed by atoms with Crippen LogP contribution >= 0.6 is 0 Å². The third-order valence-electron chi connectivity index (χ3n) is 3.14. The average molecular weight is 263 g/mol. The highest BCUT2D eigenvalue weighted by Gasteiger charge is 2.21. The van der Waals surface area contributed by atoms with Crippen LogP contribution in [0.25, 0.3) is 0 Å². The lowest BCUT2D eigenvalue weighted by atomic mass is 10.3. The lowest BCUT2D eigenvalue weighted by molar-refractivity contribution is -0.117. The van der Waals surface area contributed by atoms with Crippen molar-refractivity contribution in [3.05, 3.63) is 24.3 Å². The van der Waals surface area contributed by atoms with Crippen LogP contribution in [-0.4, -0.2) is 43.1 Å². The lowest BCUT2D eigenvalue weighted by Gasteiger charge is -2.16. The van der Waals surface area contributed by atoms with E-state index in [1.54, 1.807) is 0 Å². The fourth-order valence-electron chi connectivity index (χ4n) is 2.25. The molecule has 5 heteroatoms. The molecule has 1 atom stereocenters. The predicted octanol–water partition coefficient (Wildman–Crippen LogP) is 1.06. The number of anilines is 1. The normalized spacial score (nSPS) is 19.4. The smallest absolute Gasteiger partial charge is 0.238 e. The third kappa shape index (κ3) is 3.94. The maximum absolute atomic E-state index is 12.0. The molecule has 5 nitrogen and oxygen atoms in total. The summed E-state index contributed by atoms with van der Waals surface area (Å²) in [5, 5.41) is 2.89. The Balaban J connectivity index is 1.91. The zero-order valence-corrected chi connectivity index (χ0v) is 11.3. The number of hydrogen-bond donors (Lipinski definition) is 2. The van der Waals surface area contributed by atoms with E-state index < -0.39 is 0 Å². The van der Waals surface area contributed by atoms with Crippen molar-refractivity contribution in [3.8, 4) is 5.75 Å². The number of benzene rings is 1. The van der Waals surface area contributed by atoms with Gasteiger partial charge in [-0.2, -0.15) is 0 Å². The topological polar surface area (TPSA) is 67.6 Å². The molecular weight excluding hydrogens is 242 g/mol. The summed E-state index contributed by atoms with van der Waals surface area (Å²) in [6, 6.07) is 7.66. The number of likely N-dealkylation sites (tertiary alicyclic amines) is 1. The van der Waals surface area contributed by atoms with Gasteiger partial charge in [0.25, 0.3) is 0 Å². The Morgan fingerprint density at radius 1 is 1.53 bits per heavy atom. The van der Waals surface area contributed by atoms with Gasteiger partial charge in [0, 0.05) is 19.1 Å².